The van der Waals surface area contributed by atoms with Crippen LogP contribution in [0.4, 0.5) is 9.59 Å². The van der Waals surface area contributed by atoms with Gasteiger partial charge in [-0.3, -0.25) is 14.6 Å². The highest BCUT2D eigenvalue weighted by molar-refractivity contribution is 6.04. The van der Waals surface area contributed by atoms with E-state index in [9.17, 15) is 19.2 Å². The number of hydrogen-bond donors (Lipinski definition) is 3. The second-order valence-electron chi connectivity index (χ2n) is 16.7. The first-order valence-electron chi connectivity index (χ1n) is 19.8. The third kappa shape index (κ3) is 7.07. The van der Waals surface area contributed by atoms with Gasteiger partial charge in [-0.1, -0.05) is 76.2 Å². The quantitative estimate of drug-likeness (QED) is 0.215. The molecule has 0 bridgehead atoms. The first kappa shape index (κ1) is 37.5. The number of H-pyrrole nitrogens is 1. The summed E-state index contributed by atoms with van der Waals surface area (Å²) in [6.07, 6.45) is 5.42. The summed E-state index contributed by atoms with van der Waals surface area (Å²) < 4.78 is 9.58. The molecule has 2 aliphatic carbocycles. The Balaban J connectivity index is 0.906. The van der Waals surface area contributed by atoms with Crippen molar-refractivity contribution in [1.29, 1.82) is 0 Å². The minimum Gasteiger partial charge on any atom is -0.453 e. The molecule has 3 aromatic rings. The van der Waals surface area contributed by atoms with E-state index in [1.54, 1.807) is 0 Å². The van der Waals surface area contributed by atoms with Crippen LogP contribution < -0.4 is 10.6 Å². The Bertz CT molecular complexity index is 2070. The molecule has 13 heteroatoms. The molecule has 5 aliphatic rings. The van der Waals surface area contributed by atoms with Crippen molar-refractivity contribution in [3.63, 3.8) is 0 Å². The van der Waals surface area contributed by atoms with E-state index < -0.39 is 24.3 Å². The molecule has 56 heavy (non-hydrogen) atoms. The number of piperidine rings is 2. The fourth-order valence-corrected chi connectivity index (χ4v) is 9.08. The van der Waals surface area contributed by atoms with E-state index in [1.165, 1.54) is 14.2 Å². The fraction of sp³-hybridized carbons (Fsp3) is 0.488. The van der Waals surface area contributed by atoms with Crippen molar-refractivity contribution in [2.45, 2.75) is 71.1 Å². The average molecular weight is 762 g/mol. The lowest BCUT2D eigenvalue weighted by molar-refractivity contribution is -0.136. The number of alkyl carbamates (subject to hydrolysis) is 2. The molecule has 8 rings (SSSR count). The molecule has 4 amide bonds. The van der Waals surface area contributed by atoms with Crippen LogP contribution in [0, 0.1) is 35.5 Å². The molecule has 3 aliphatic heterocycles. The summed E-state index contributed by atoms with van der Waals surface area (Å²) >= 11 is 0. The van der Waals surface area contributed by atoms with Crippen molar-refractivity contribution in [1.82, 2.24) is 30.4 Å². The Labute approximate surface area is 327 Å². The van der Waals surface area contributed by atoms with Crippen LogP contribution in [0.2, 0.25) is 0 Å². The number of methoxy groups -OCH3 is 2. The van der Waals surface area contributed by atoms with Crippen LogP contribution in [0.15, 0.2) is 65.9 Å². The Morgan fingerprint density at radius 3 is 1.71 bits per heavy atom. The molecule has 13 nitrogen and oxygen atoms in total. The zero-order valence-corrected chi connectivity index (χ0v) is 32.8. The van der Waals surface area contributed by atoms with Crippen molar-refractivity contribution >= 4 is 35.3 Å². The van der Waals surface area contributed by atoms with Gasteiger partial charge in [-0.15, -0.1) is 0 Å². The molecule has 4 heterocycles. The number of carbonyl (C=O) groups is 4. The second-order valence-corrected chi connectivity index (χ2v) is 16.7. The highest BCUT2D eigenvalue weighted by atomic mass is 16.5. The largest absolute Gasteiger partial charge is 0.453 e. The van der Waals surface area contributed by atoms with Gasteiger partial charge < -0.3 is 34.9 Å². The Kier molecular flexibility index (Phi) is 9.96. The molecular formula is C43H51N7O6. The van der Waals surface area contributed by atoms with E-state index in [0.717, 1.165) is 57.9 Å². The predicted molar refractivity (Wildman–Crippen MR) is 211 cm³/mol. The van der Waals surface area contributed by atoms with Crippen LogP contribution in [0.5, 0.6) is 0 Å². The summed E-state index contributed by atoms with van der Waals surface area (Å²) in [5.74, 6) is 2.14. The van der Waals surface area contributed by atoms with Gasteiger partial charge in [0.15, 0.2) is 0 Å². The van der Waals surface area contributed by atoms with E-state index in [1.807, 2.05) is 49.9 Å². The number of hydrogen-bond acceptors (Lipinski definition) is 8. The number of nitrogens with one attached hydrogen (secondary N) is 3. The first-order chi connectivity index (χ1) is 26.9. The average Bonchev–Trinajstić information content (AvgIpc) is 3.79. The number of nitrogens with zero attached hydrogens (tertiary/aromatic N) is 4. The fourth-order valence-electron chi connectivity index (χ4n) is 9.08. The number of aromatic amines is 1. The third-order valence-corrected chi connectivity index (χ3v) is 12.4. The number of amides is 4. The number of benzene rings is 2. The van der Waals surface area contributed by atoms with Crippen molar-refractivity contribution in [3.8, 4) is 22.4 Å². The number of aromatic nitrogens is 2. The third-order valence-electron chi connectivity index (χ3n) is 12.4. The standard InChI is InChI=1S/C43H51N7O6/c1-22(2)35(47-42(53)55-5)40(51)49-20-29-15-31(29)37(49)33-17-28(18-44-33)26-9-7-24(8-10-26)25-11-13-27(14-12-25)34-19-45-39(46-34)38-32-16-30(32)21-50(38)41(52)36(23(3)4)48-43(54)56-6/h7-14,18-19,22-23,29-32,35-38H,15-17,20-21H2,1-6H3,(H,45,46)(H,47,53)(H,48,54)/t29-,30-,31-,32-,35-,36-,37-,38-/m0/s1. The summed E-state index contributed by atoms with van der Waals surface area (Å²) in [5, 5.41) is 5.47. The molecule has 4 fully saturated rings. The van der Waals surface area contributed by atoms with E-state index in [0.29, 0.717) is 43.2 Å². The SMILES string of the molecule is COC(=O)N[C@H](C(=O)N1C[C@@H]2C[C@@H]2[C@H]1C1=NC=C(c2ccc(-c3ccc(-c4cnc([C@@H]5[C@H]6C[C@H]6CN5C(=O)[C@@H](NC(=O)OC)C(C)C)[nH]4)cc3)cc2)C1)C(C)C. The highest BCUT2D eigenvalue weighted by Gasteiger charge is 2.57. The Hall–Kier alpha value is -5.46. The van der Waals surface area contributed by atoms with Gasteiger partial charge in [0.05, 0.1) is 38.2 Å². The monoisotopic (exact) mass is 761 g/mol. The number of fused-ring (bicyclic) bond motifs is 2. The minimum atomic E-state index is -0.674. The summed E-state index contributed by atoms with van der Waals surface area (Å²) in [5.41, 5.74) is 7.30. The molecule has 294 valence electrons. The van der Waals surface area contributed by atoms with Crippen molar-refractivity contribution < 1.29 is 28.7 Å². The number of imidazole rings is 1. The molecule has 0 unspecified atom stereocenters. The molecular weight excluding hydrogens is 711 g/mol. The summed E-state index contributed by atoms with van der Waals surface area (Å²) in [7, 11) is 2.61. The summed E-state index contributed by atoms with van der Waals surface area (Å²) in [6, 6.07) is 15.3. The Morgan fingerprint density at radius 2 is 1.20 bits per heavy atom. The zero-order valence-electron chi connectivity index (χ0n) is 32.8. The lowest BCUT2D eigenvalue weighted by atomic mass is 9.95. The maximum atomic E-state index is 13.7. The molecule has 1 aromatic heterocycles. The number of allylic oxidation sites excluding steroid dienone is 1. The number of aliphatic imine (C=N–C) groups is 1. The van der Waals surface area contributed by atoms with Crippen LogP contribution in [-0.2, 0) is 19.1 Å². The second kappa shape index (κ2) is 14.9. The molecule has 0 radical (unpaired) electrons. The Morgan fingerprint density at radius 1 is 0.714 bits per heavy atom. The van der Waals surface area contributed by atoms with Gasteiger partial charge in [0.1, 0.15) is 17.9 Å². The van der Waals surface area contributed by atoms with Gasteiger partial charge in [-0.05, 0) is 76.2 Å². The lowest BCUT2D eigenvalue weighted by Crippen LogP contribution is -2.54. The smallest absolute Gasteiger partial charge is 0.407 e. The van der Waals surface area contributed by atoms with Gasteiger partial charge in [0.2, 0.25) is 11.8 Å². The molecule has 0 spiro atoms. The highest BCUT2D eigenvalue weighted by Crippen LogP contribution is 2.56. The topological polar surface area (TPSA) is 158 Å². The van der Waals surface area contributed by atoms with Gasteiger partial charge in [0, 0.05) is 31.4 Å². The van der Waals surface area contributed by atoms with Gasteiger partial charge in [0.25, 0.3) is 0 Å². The van der Waals surface area contributed by atoms with Gasteiger partial charge >= 0.3 is 12.2 Å². The lowest BCUT2D eigenvalue weighted by Gasteiger charge is -2.33. The number of ether oxygens (including phenoxy) is 2. The van der Waals surface area contributed by atoms with Crippen LogP contribution in [-0.4, -0.2) is 94.9 Å². The number of rotatable bonds is 11. The van der Waals surface area contributed by atoms with Crippen LogP contribution in [0.25, 0.3) is 28.0 Å². The predicted octanol–water partition coefficient (Wildman–Crippen LogP) is 6.06. The molecule has 2 aromatic carbocycles. The van der Waals surface area contributed by atoms with Gasteiger partial charge in [-0.25, -0.2) is 14.6 Å². The van der Waals surface area contributed by atoms with Crippen molar-refractivity contribution in [2.75, 3.05) is 27.3 Å². The molecule has 2 saturated carbocycles. The molecule has 3 N–H and O–H groups in total. The summed E-state index contributed by atoms with van der Waals surface area (Å²) in [4.78, 5) is 68.4. The van der Waals surface area contributed by atoms with Gasteiger partial charge in [-0.2, -0.15) is 0 Å². The minimum absolute atomic E-state index is 0.0523. The van der Waals surface area contributed by atoms with E-state index in [2.05, 4.69) is 64.1 Å². The molecule has 2 saturated heterocycles. The van der Waals surface area contributed by atoms with E-state index >= 15 is 0 Å². The molecule has 8 atom stereocenters. The maximum Gasteiger partial charge on any atom is 0.407 e. The van der Waals surface area contributed by atoms with E-state index in [4.69, 9.17) is 19.5 Å². The zero-order chi connectivity index (χ0) is 39.4. The number of carbonyl (C=O) groups excluding carboxylic acids is 4. The first-order valence-corrected chi connectivity index (χ1v) is 19.8. The van der Waals surface area contributed by atoms with E-state index in [-0.39, 0.29) is 35.7 Å². The normalized spacial score (nSPS) is 25.6. The maximum absolute atomic E-state index is 13.7. The van der Waals surface area contributed by atoms with Crippen molar-refractivity contribution in [3.05, 3.63) is 72.3 Å². The number of likely N-dealkylation sites (tertiary alicyclic amines) is 2. The van der Waals surface area contributed by atoms with Crippen LogP contribution in [0.1, 0.15) is 64.4 Å². The van der Waals surface area contributed by atoms with Crippen LogP contribution >= 0.6 is 0 Å². The van der Waals surface area contributed by atoms with Crippen LogP contribution in [0.3, 0.4) is 0 Å². The summed E-state index contributed by atoms with van der Waals surface area (Å²) in [6.45, 7) is 9.05. The van der Waals surface area contributed by atoms with Crippen molar-refractivity contribution in [2.24, 2.45) is 40.5 Å².